The smallest absolute Gasteiger partial charge is 0.251 e. The minimum atomic E-state index is -3.72. The van der Waals surface area contributed by atoms with Crippen LogP contribution in [0.3, 0.4) is 0 Å². The van der Waals surface area contributed by atoms with Crippen LogP contribution in [0.5, 0.6) is 0 Å². The van der Waals surface area contributed by atoms with E-state index >= 15 is 0 Å². The summed E-state index contributed by atoms with van der Waals surface area (Å²) in [6, 6.07) is 4.58. The lowest BCUT2D eigenvalue weighted by atomic mass is 9.84. The fourth-order valence-corrected chi connectivity index (χ4v) is 6.81. The highest BCUT2D eigenvalue weighted by Crippen LogP contribution is 2.49. The van der Waals surface area contributed by atoms with E-state index < -0.39 is 10.0 Å². The van der Waals surface area contributed by atoms with Crippen molar-refractivity contribution in [3.05, 3.63) is 28.8 Å². The van der Waals surface area contributed by atoms with Gasteiger partial charge < -0.3 is 5.32 Å². The standard InChI is InChI=1S/C20H29ClN2O3S/c1-4-23(5-2)27(25,26)19-12-16(8-9-18(19)21)20(24)22-13(3)17-11-14-6-7-15(17)10-14/h8-9,12-15,17H,4-7,10-11H2,1-3H3,(H,22,24)/t13-,14-,15-,17-/m1/s1. The predicted molar refractivity (Wildman–Crippen MR) is 107 cm³/mol. The molecular weight excluding hydrogens is 384 g/mol. The fourth-order valence-electron chi connectivity index (χ4n) is 4.85. The van der Waals surface area contributed by atoms with Gasteiger partial charge in [-0.25, -0.2) is 8.42 Å². The molecule has 1 amide bonds. The third kappa shape index (κ3) is 4.03. The Kier molecular flexibility index (Phi) is 6.18. The van der Waals surface area contributed by atoms with Gasteiger partial charge in [-0.3, -0.25) is 4.79 Å². The van der Waals surface area contributed by atoms with Crippen molar-refractivity contribution in [1.82, 2.24) is 9.62 Å². The molecule has 0 heterocycles. The van der Waals surface area contributed by atoms with Gasteiger partial charge in [0.25, 0.3) is 5.91 Å². The number of rotatable bonds is 7. The molecule has 0 aliphatic heterocycles. The van der Waals surface area contributed by atoms with Crippen molar-refractivity contribution in [3.8, 4) is 0 Å². The molecule has 2 bridgehead atoms. The quantitative estimate of drug-likeness (QED) is 0.737. The highest BCUT2D eigenvalue weighted by atomic mass is 35.5. The first-order valence-electron chi connectivity index (χ1n) is 9.88. The van der Waals surface area contributed by atoms with Gasteiger partial charge in [0, 0.05) is 24.7 Å². The van der Waals surface area contributed by atoms with E-state index in [-0.39, 0.29) is 21.9 Å². The van der Waals surface area contributed by atoms with E-state index in [0.29, 0.717) is 30.5 Å². The van der Waals surface area contributed by atoms with E-state index in [1.54, 1.807) is 19.9 Å². The number of nitrogens with zero attached hydrogens (tertiary/aromatic N) is 1. The van der Waals surface area contributed by atoms with Gasteiger partial charge in [0.05, 0.1) is 5.02 Å². The molecule has 1 aromatic carbocycles. The number of carbonyl (C=O) groups excluding carboxylic acids is 1. The van der Waals surface area contributed by atoms with E-state index in [2.05, 4.69) is 12.2 Å². The predicted octanol–water partition coefficient (Wildman–Crippen LogP) is 3.93. The summed E-state index contributed by atoms with van der Waals surface area (Å²) in [5.74, 6) is 1.83. The Morgan fingerprint density at radius 3 is 2.52 bits per heavy atom. The maximum absolute atomic E-state index is 12.8. The van der Waals surface area contributed by atoms with Crippen molar-refractivity contribution in [2.24, 2.45) is 17.8 Å². The van der Waals surface area contributed by atoms with Crippen LogP contribution in [-0.2, 0) is 10.0 Å². The molecule has 27 heavy (non-hydrogen) atoms. The molecule has 1 aromatic rings. The number of sulfonamides is 1. The van der Waals surface area contributed by atoms with Crippen LogP contribution in [0.2, 0.25) is 5.02 Å². The van der Waals surface area contributed by atoms with Crippen LogP contribution in [0.1, 0.15) is 56.8 Å². The number of halogens is 1. The Bertz CT molecular complexity index is 807. The van der Waals surface area contributed by atoms with Crippen molar-refractivity contribution in [2.45, 2.75) is 57.4 Å². The first-order chi connectivity index (χ1) is 12.8. The molecule has 4 atom stereocenters. The second kappa shape index (κ2) is 8.10. The van der Waals surface area contributed by atoms with Gasteiger partial charge in [-0.05, 0) is 62.1 Å². The third-order valence-corrected chi connectivity index (χ3v) is 8.84. The molecule has 5 nitrogen and oxygen atoms in total. The third-order valence-electron chi connectivity index (χ3n) is 6.31. The summed E-state index contributed by atoms with van der Waals surface area (Å²) in [7, 11) is -3.72. The summed E-state index contributed by atoms with van der Waals surface area (Å²) < 4.78 is 27.0. The summed E-state index contributed by atoms with van der Waals surface area (Å²) in [6.45, 7) is 6.33. The SMILES string of the molecule is CCN(CC)S(=O)(=O)c1cc(C(=O)N[C@H](C)[C@H]2C[C@@H]3CC[C@@H]2C3)ccc1Cl. The van der Waals surface area contributed by atoms with Gasteiger partial charge in [0.1, 0.15) is 4.90 Å². The monoisotopic (exact) mass is 412 g/mol. The fraction of sp³-hybridized carbons (Fsp3) is 0.650. The van der Waals surface area contributed by atoms with E-state index in [9.17, 15) is 13.2 Å². The van der Waals surface area contributed by atoms with Crippen molar-refractivity contribution in [2.75, 3.05) is 13.1 Å². The molecule has 150 valence electrons. The van der Waals surface area contributed by atoms with Gasteiger partial charge in [0.2, 0.25) is 10.0 Å². The summed E-state index contributed by atoms with van der Waals surface area (Å²) in [5, 5.41) is 3.23. The topological polar surface area (TPSA) is 66.5 Å². The number of amides is 1. The largest absolute Gasteiger partial charge is 0.349 e. The van der Waals surface area contributed by atoms with Crippen LogP contribution in [0, 0.1) is 17.8 Å². The molecular formula is C20H29ClN2O3S. The second-order valence-corrected chi connectivity index (χ2v) is 10.1. The molecule has 2 aliphatic carbocycles. The van der Waals surface area contributed by atoms with Gasteiger partial charge >= 0.3 is 0 Å². The van der Waals surface area contributed by atoms with Gasteiger partial charge in [-0.1, -0.05) is 31.9 Å². The Labute approximate surface area is 167 Å². The zero-order chi connectivity index (χ0) is 19.8. The molecule has 3 rings (SSSR count). The van der Waals surface area contributed by atoms with Gasteiger partial charge in [-0.15, -0.1) is 0 Å². The summed E-state index contributed by atoms with van der Waals surface area (Å²) in [6.07, 6.45) is 5.07. The van der Waals surface area contributed by atoms with E-state index in [1.807, 2.05) is 0 Å². The molecule has 2 fully saturated rings. The number of hydrogen-bond acceptors (Lipinski definition) is 3. The molecule has 2 aliphatic rings. The van der Waals surface area contributed by atoms with E-state index in [4.69, 9.17) is 11.6 Å². The summed E-state index contributed by atoms with van der Waals surface area (Å²) in [4.78, 5) is 12.7. The van der Waals surface area contributed by atoms with Crippen LogP contribution in [0.25, 0.3) is 0 Å². The highest BCUT2D eigenvalue weighted by Gasteiger charge is 2.42. The minimum absolute atomic E-state index is 0.00640. The lowest BCUT2D eigenvalue weighted by molar-refractivity contribution is 0.0915. The second-order valence-electron chi connectivity index (χ2n) is 7.84. The Balaban J connectivity index is 1.78. The summed E-state index contributed by atoms with van der Waals surface area (Å²) >= 11 is 6.16. The maximum atomic E-state index is 12.8. The molecule has 0 spiro atoms. The average molecular weight is 413 g/mol. The van der Waals surface area contributed by atoms with Crippen molar-refractivity contribution in [3.63, 3.8) is 0 Å². The highest BCUT2D eigenvalue weighted by molar-refractivity contribution is 7.89. The van der Waals surface area contributed by atoms with Crippen LogP contribution in [0.4, 0.5) is 0 Å². The van der Waals surface area contributed by atoms with Crippen molar-refractivity contribution < 1.29 is 13.2 Å². The lowest BCUT2D eigenvalue weighted by Crippen LogP contribution is -2.40. The number of fused-ring (bicyclic) bond motifs is 2. The summed E-state index contributed by atoms with van der Waals surface area (Å²) in [5.41, 5.74) is 0.333. The number of hydrogen-bond donors (Lipinski definition) is 1. The lowest BCUT2D eigenvalue weighted by Gasteiger charge is -2.28. The molecule has 0 saturated heterocycles. The first kappa shape index (κ1) is 20.6. The molecule has 0 aromatic heterocycles. The van der Waals surface area contributed by atoms with Crippen LogP contribution < -0.4 is 5.32 Å². The molecule has 0 radical (unpaired) electrons. The number of nitrogens with one attached hydrogen (secondary N) is 1. The Hall–Kier alpha value is -1.11. The Morgan fingerprint density at radius 1 is 1.26 bits per heavy atom. The Morgan fingerprint density at radius 2 is 1.96 bits per heavy atom. The van der Waals surface area contributed by atoms with Crippen LogP contribution >= 0.6 is 11.6 Å². The average Bonchev–Trinajstić information content (AvgIpc) is 3.26. The molecule has 2 saturated carbocycles. The number of carbonyl (C=O) groups is 1. The van der Waals surface area contributed by atoms with Crippen LogP contribution in [0.15, 0.2) is 23.1 Å². The van der Waals surface area contributed by atoms with Crippen molar-refractivity contribution in [1.29, 1.82) is 0 Å². The van der Waals surface area contributed by atoms with E-state index in [1.165, 1.54) is 42.1 Å². The molecule has 0 unspecified atom stereocenters. The molecule has 1 N–H and O–H groups in total. The number of benzene rings is 1. The van der Waals surface area contributed by atoms with E-state index in [0.717, 1.165) is 5.92 Å². The normalized spacial score (nSPS) is 25.7. The van der Waals surface area contributed by atoms with Gasteiger partial charge in [-0.2, -0.15) is 4.31 Å². The maximum Gasteiger partial charge on any atom is 0.251 e. The first-order valence-corrected chi connectivity index (χ1v) is 11.7. The van der Waals surface area contributed by atoms with Crippen molar-refractivity contribution >= 4 is 27.5 Å². The molecule has 7 heteroatoms. The zero-order valence-electron chi connectivity index (χ0n) is 16.2. The van der Waals surface area contributed by atoms with Crippen LogP contribution in [-0.4, -0.2) is 37.8 Å². The minimum Gasteiger partial charge on any atom is -0.349 e. The zero-order valence-corrected chi connectivity index (χ0v) is 17.8. The van der Waals surface area contributed by atoms with Gasteiger partial charge in [0.15, 0.2) is 0 Å².